The van der Waals surface area contributed by atoms with Gasteiger partial charge in [0.2, 0.25) is 0 Å². The minimum Gasteiger partial charge on any atom is -0.444 e. The summed E-state index contributed by atoms with van der Waals surface area (Å²) in [6, 6.07) is 5.10. The Hall–Kier alpha value is -1.56. The number of amides is 1. The van der Waals surface area contributed by atoms with Gasteiger partial charge in [0.25, 0.3) is 0 Å². The minimum atomic E-state index is -0.592. The summed E-state index contributed by atoms with van der Waals surface area (Å²) >= 11 is 1.60. The highest BCUT2D eigenvalue weighted by atomic mass is 32.2. The Balaban J connectivity index is 2.75. The molecular formula is C16H24N2O3S. The standard InChI is InChI=1S/C16H24N2O3S/c1-11(19)13(18-15(20)21-16(2,3)4)10-14(22-5)12-8-6-7-9-17-12/h6-9,13-14H,10H2,1-5H3,(H,18,20)/t13-,14?/m0/s1. The second kappa shape index (κ2) is 8.17. The zero-order valence-electron chi connectivity index (χ0n) is 13.8. The molecule has 2 atom stereocenters. The number of pyridine rings is 1. The summed E-state index contributed by atoms with van der Waals surface area (Å²) in [6.45, 7) is 6.83. The Morgan fingerprint density at radius 3 is 2.50 bits per heavy atom. The second-order valence-corrected chi connectivity index (χ2v) is 7.06. The maximum atomic E-state index is 11.9. The van der Waals surface area contributed by atoms with E-state index in [-0.39, 0.29) is 11.0 Å². The smallest absolute Gasteiger partial charge is 0.408 e. The molecule has 0 fully saturated rings. The fraction of sp³-hybridized carbons (Fsp3) is 0.562. The molecule has 1 aromatic rings. The van der Waals surface area contributed by atoms with E-state index < -0.39 is 17.7 Å². The summed E-state index contributed by atoms with van der Waals surface area (Å²) < 4.78 is 5.21. The molecule has 1 heterocycles. The van der Waals surface area contributed by atoms with Crippen LogP contribution in [0.3, 0.4) is 0 Å². The number of hydrogen-bond donors (Lipinski definition) is 1. The fourth-order valence-electron chi connectivity index (χ4n) is 1.89. The van der Waals surface area contributed by atoms with Crippen LogP contribution in [0.1, 0.15) is 45.1 Å². The molecule has 5 nitrogen and oxygen atoms in total. The van der Waals surface area contributed by atoms with Gasteiger partial charge in [0.1, 0.15) is 5.60 Å². The topological polar surface area (TPSA) is 68.3 Å². The Bertz CT molecular complexity index is 500. The molecule has 1 unspecified atom stereocenters. The number of rotatable bonds is 6. The number of Topliss-reactive ketones (excluding diaryl/α,β-unsaturated/α-hetero) is 1. The molecule has 0 aromatic carbocycles. The Kier molecular flexibility index (Phi) is 6.87. The number of nitrogens with one attached hydrogen (secondary N) is 1. The molecule has 0 aliphatic carbocycles. The van der Waals surface area contributed by atoms with Crippen LogP contribution < -0.4 is 5.32 Å². The summed E-state index contributed by atoms with van der Waals surface area (Å²) in [5.41, 5.74) is 0.304. The van der Waals surface area contributed by atoms with E-state index in [1.54, 1.807) is 38.7 Å². The Labute approximate surface area is 136 Å². The third-order valence-electron chi connectivity index (χ3n) is 2.93. The maximum absolute atomic E-state index is 11.9. The third kappa shape index (κ3) is 6.47. The Morgan fingerprint density at radius 2 is 2.05 bits per heavy atom. The molecule has 1 rings (SSSR count). The lowest BCUT2D eigenvalue weighted by molar-refractivity contribution is -0.119. The molecule has 6 heteroatoms. The van der Waals surface area contributed by atoms with Crippen molar-refractivity contribution in [3.8, 4) is 0 Å². The zero-order valence-corrected chi connectivity index (χ0v) is 14.6. The van der Waals surface area contributed by atoms with Gasteiger partial charge in [0.15, 0.2) is 5.78 Å². The van der Waals surface area contributed by atoms with E-state index in [1.807, 2.05) is 24.5 Å². The van der Waals surface area contributed by atoms with E-state index in [0.717, 1.165) is 5.69 Å². The number of alkyl carbamates (subject to hydrolysis) is 1. The number of hydrogen-bond acceptors (Lipinski definition) is 5. The van der Waals surface area contributed by atoms with Crippen molar-refractivity contribution in [3.05, 3.63) is 30.1 Å². The Morgan fingerprint density at radius 1 is 1.36 bits per heavy atom. The largest absolute Gasteiger partial charge is 0.444 e. The molecule has 0 aliphatic rings. The van der Waals surface area contributed by atoms with E-state index >= 15 is 0 Å². The SMILES string of the molecule is CSC(C[C@H](NC(=O)OC(C)(C)C)C(C)=O)c1ccccn1. The van der Waals surface area contributed by atoms with Gasteiger partial charge in [0, 0.05) is 11.4 Å². The number of carbonyl (C=O) groups excluding carboxylic acids is 2. The molecule has 0 aliphatic heterocycles. The van der Waals surface area contributed by atoms with E-state index in [0.29, 0.717) is 6.42 Å². The molecule has 1 amide bonds. The molecule has 0 radical (unpaired) electrons. The van der Waals surface area contributed by atoms with E-state index in [1.165, 1.54) is 6.92 Å². The maximum Gasteiger partial charge on any atom is 0.408 e. The average molecular weight is 324 g/mol. The van der Waals surface area contributed by atoms with Gasteiger partial charge in [-0.05, 0) is 52.5 Å². The van der Waals surface area contributed by atoms with E-state index in [2.05, 4.69) is 10.3 Å². The molecule has 0 saturated heterocycles. The molecule has 22 heavy (non-hydrogen) atoms. The van der Waals surface area contributed by atoms with Crippen LogP contribution in [-0.4, -0.2) is 34.8 Å². The van der Waals surface area contributed by atoms with Crippen molar-refractivity contribution in [3.63, 3.8) is 0 Å². The molecular weight excluding hydrogens is 300 g/mol. The molecule has 1 aromatic heterocycles. The summed E-state index contributed by atoms with van der Waals surface area (Å²) in [4.78, 5) is 28.0. The highest BCUT2D eigenvalue weighted by Gasteiger charge is 2.25. The van der Waals surface area contributed by atoms with Crippen LogP contribution in [0.15, 0.2) is 24.4 Å². The first-order valence-corrected chi connectivity index (χ1v) is 8.45. The van der Waals surface area contributed by atoms with E-state index in [4.69, 9.17) is 4.74 Å². The highest BCUT2D eigenvalue weighted by molar-refractivity contribution is 7.98. The summed E-state index contributed by atoms with van der Waals surface area (Å²) in [5.74, 6) is -0.0964. The first-order valence-electron chi connectivity index (χ1n) is 7.16. The number of nitrogens with zero attached hydrogens (tertiary/aromatic N) is 1. The first-order chi connectivity index (χ1) is 10.2. The van der Waals surface area contributed by atoms with Crippen molar-refractivity contribution in [2.75, 3.05) is 6.26 Å². The number of thioether (sulfide) groups is 1. The third-order valence-corrected chi connectivity index (χ3v) is 3.94. The quantitative estimate of drug-likeness (QED) is 0.869. The van der Waals surface area contributed by atoms with Gasteiger partial charge < -0.3 is 10.1 Å². The van der Waals surface area contributed by atoms with Crippen molar-refractivity contribution < 1.29 is 14.3 Å². The summed E-state index contributed by atoms with van der Waals surface area (Å²) in [6.07, 6.45) is 3.59. The normalized spacial score (nSPS) is 14.0. The van der Waals surface area contributed by atoms with Crippen molar-refractivity contribution in [1.29, 1.82) is 0 Å². The predicted molar refractivity (Wildman–Crippen MR) is 88.9 cm³/mol. The highest BCUT2D eigenvalue weighted by Crippen LogP contribution is 2.30. The van der Waals surface area contributed by atoms with E-state index in [9.17, 15) is 9.59 Å². The number of ketones is 1. The van der Waals surface area contributed by atoms with Crippen molar-refractivity contribution in [2.24, 2.45) is 0 Å². The van der Waals surface area contributed by atoms with Crippen LogP contribution in [0.5, 0.6) is 0 Å². The van der Waals surface area contributed by atoms with Crippen molar-refractivity contribution in [2.45, 2.75) is 51.0 Å². The van der Waals surface area contributed by atoms with Crippen LogP contribution in [0, 0.1) is 0 Å². The number of carbonyl (C=O) groups is 2. The lowest BCUT2D eigenvalue weighted by Crippen LogP contribution is -2.43. The van der Waals surface area contributed by atoms with Crippen LogP contribution in [0.4, 0.5) is 4.79 Å². The average Bonchev–Trinajstić information content (AvgIpc) is 2.42. The number of aromatic nitrogens is 1. The van der Waals surface area contributed by atoms with Gasteiger partial charge in [-0.2, -0.15) is 11.8 Å². The van der Waals surface area contributed by atoms with Crippen LogP contribution in [0.25, 0.3) is 0 Å². The molecule has 122 valence electrons. The first kappa shape index (κ1) is 18.5. The van der Waals surface area contributed by atoms with Gasteiger partial charge in [-0.3, -0.25) is 9.78 Å². The molecule has 1 N–H and O–H groups in total. The minimum absolute atomic E-state index is 0.0324. The molecule has 0 spiro atoms. The van der Waals surface area contributed by atoms with Gasteiger partial charge >= 0.3 is 6.09 Å². The fourth-order valence-corrected chi connectivity index (χ4v) is 2.66. The lowest BCUT2D eigenvalue weighted by atomic mass is 10.1. The van der Waals surface area contributed by atoms with Crippen LogP contribution in [-0.2, 0) is 9.53 Å². The second-order valence-electron chi connectivity index (χ2n) is 6.02. The van der Waals surface area contributed by atoms with Gasteiger partial charge in [0.05, 0.1) is 11.7 Å². The van der Waals surface area contributed by atoms with Gasteiger partial charge in [-0.1, -0.05) is 6.07 Å². The lowest BCUT2D eigenvalue weighted by Gasteiger charge is -2.24. The molecule has 0 bridgehead atoms. The predicted octanol–water partition coefficient (Wildman–Crippen LogP) is 3.36. The van der Waals surface area contributed by atoms with Gasteiger partial charge in [-0.15, -0.1) is 0 Å². The molecule has 0 saturated carbocycles. The van der Waals surface area contributed by atoms with Crippen LogP contribution in [0.2, 0.25) is 0 Å². The van der Waals surface area contributed by atoms with Crippen molar-refractivity contribution in [1.82, 2.24) is 10.3 Å². The van der Waals surface area contributed by atoms with Gasteiger partial charge in [-0.25, -0.2) is 4.79 Å². The van der Waals surface area contributed by atoms with Crippen molar-refractivity contribution >= 4 is 23.6 Å². The monoisotopic (exact) mass is 324 g/mol. The summed E-state index contributed by atoms with van der Waals surface area (Å²) in [7, 11) is 0. The summed E-state index contributed by atoms with van der Waals surface area (Å²) in [5, 5.41) is 2.69. The number of ether oxygens (including phenoxy) is 1. The zero-order chi connectivity index (χ0) is 16.8. The van der Waals surface area contributed by atoms with Crippen LogP contribution >= 0.6 is 11.8 Å².